The van der Waals surface area contributed by atoms with Crippen molar-refractivity contribution in [2.24, 2.45) is 0 Å². The van der Waals surface area contributed by atoms with Crippen LogP contribution in [0.2, 0.25) is 0 Å². The van der Waals surface area contributed by atoms with Gasteiger partial charge < -0.3 is 24.6 Å². The fraction of sp³-hybridized carbons (Fsp3) is 0.286. The van der Waals surface area contributed by atoms with Crippen LogP contribution in [0.25, 0.3) is 22.3 Å². The molecule has 6 nitrogen and oxygen atoms in total. The molecule has 0 spiro atoms. The highest BCUT2D eigenvalue weighted by molar-refractivity contribution is 9.10. The van der Waals surface area contributed by atoms with Gasteiger partial charge >= 0.3 is 0 Å². The summed E-state index contributed by atoms with van der Waals surface area (Å²) in [6.07, 6.45) is 0.694. The maximum Gasteiger partial charge on any atom is 0.197 e. The van der Waals surface area contributed by atoms with Gasteiger partial charge in [-0.15, -0.1) is 0 Å². The third kappa shape index (κ3) is 3.09. The fourth-order valence-corrected chi connectivity index (χ4v) is 4.47. The van der Waals surface area contributed by atoms with Crippen molar-refractivity contribution in [2.75, 3.05) is 20.2 Å². The molecule has 2 aromatic carbocycles. The highest BCUT2D eigenvalue weighted by Gasteiger charge is 2.36. The molecular formula is C21H20BrNO5. The van der Waals surface area contributed by atoms with Gasteiger partial charge in [-0.3, -0.25) is 4.79 Å². The Morgan fingerprint density at radius 3 is 2.71 bits per heavy atom. The summed E-state index contributed by atoms with van der Waals surface area (Å²) in [4.78, 5) is 14.8. The van der Waals surface area contributed by atoms with Gasteiger partial charge in [0.05, 0.1) is 6.61 Å². The molecule has 3 aromatic rings. The van der Waals surface area contributed by atoms with E-state index in [-0.39, 0.29) is 46.5 Å². The van der Waals surface area contributed by atoms with Gasteiger partial charge in [-0.05, 0) is 32.1 Å². The van der Waals surface area contributed by atoms with E-state index in [2.05, 4.69) is 15.9 Å². The number of phenolic OH excluding ortho intramolecular Hbond substituents is 2. The van der Waals surface area contributed by atoms with E-state index in [1.165, 1.54) is 12.1 Å². The Morgan fingerprint density at radius 1 is 1.21 bits per heavy atom. The second-order valence-corrected chi connectivity index (χ2v) is 8.06. The van der Waals surface area contributed by atoms with Crippen molar-refractivity contribution in [1.82, 2.24) is 4.90 Å². The molecule has 7 heteroatoms. The van der Waals surface area contributed by atoms with E-state index in [4.69, 9.17) is 4.42 Å². The molecule has 0 saturated carbocycles. The molecule has 0 aliphatic carbocycles. The van der Waals surface area contributed by atoms with Crippen LogP contribution in [0.15, 0.2) is 50.1 Å². The number of aliphatic hydroxyl groups excluding tert-OH is 1. The molecule has 0 radical (unpaired) electrons. The first-order valence-electron chi connectivity index (χ1n) is 9.00. The molecule has 1 aliphatic rings. The maximum atomic E-state index is 12.8. The van der Waals surface area contributed by atoms with E-state index < -0.39 is 0 Å². The van der Waals surface area contributed by atoms with E-state index in [0.29, 0.717) is 23.3 Å². The normalized spacial score (nSPS) is 20.1. The van der Waals surface area contributed by atoms with E-state index in [0.717, 1.165) is 11.0 Å². The third-order valence-electron chi connectivity index (χ3n) is 5.49. The summed E-state index contributed by atoms with van der Waals surface area (Å²) in [5.74, 6) is -0.341. The van der Waals surface area contributed by atoms with Crippen LogP contribution in [-0.2, 0) is 0 Å². The Bertz CT molecular complexity index is 1110. The Balaban J connectivity index is 2.01. The molecule has 1 aliphatic heterocycles. The Labute approximate surface area is 169 Å². The molecule has 1 fully saturated rings. The van der Waals surface area contributed by atoms with Crippen LogP contribution in [-0.4, -0.2) is 46.5 Å². The minimum absolute atomic E-state index is 0.0396. The number of likely N-dealkylation sites (N-methyl/N-ethyl adjacent to an activating group) is 1. The van der Waals surface area contributed by atoms with Gasteiger partial charge in [0.15, 0.2) is 5.43 Å². The van der Waals surface area contributed by atoms with Crippen LogP contribution in [0.1, 0.15) is 17.9 Å². The average molecular weight is 446 g/mol. The number of hydrogen-bond acceptors (Lipinski definition) is 6. The van der Waals surface area contributed by atoms with Crippen molar-refractivity contribution in [2.45, 2.75) is 18.4 Å². The topological polar surface area (TPSA) is 94.1 Å². The van der Waals surface area contributed by atoms with E-state index in [1.807, 2.05) is 36.2 Å². The standard InChI is InChI=1S/C21H20BrNO5/c1-23-6-5-13(14(23)10-24)19-15(25)8-16(26)20-17(27)9-18(28-21(19)20)11-3-2-4-12(22)7-11/h2-4,7-9,13-14,24-26H,5-6,10H2,1H3/t13-,14+/m0/s1. The zero-order valence-electron chi connectivity index (χ0n) is 15.2. The largest absolute Gasteiger partial charge is 0.507 e. The van der Waals surface area contributed by atoms with Crippen LogP contribution in [0, 0.1) is 0 Å². The second kappa shape index (κ2) is 7.24. The predicted octanol–water partition coefficient (Wildman–Crippen LogP) is 3.41. The van der Waals surface area contributed by atoms with Crippen LogP contribution >= 0.6 is 15.9 Å². The highest BCUT2D eigenvalue weighted by Crippen LogP contribution is 2.44. The Kier molecular flexibility index (Phi) is 4.91. The van der Waals surface area contributed by atoms with Gasteiger partial charge in [0.25, 0.3) is 0 Å². The van der Waals surface area contributed by atoms with Gasteiger partial charge in [0.2, 0.25) is 0 Å². The first kappa shape index (κ1) is 19.0. The zero-order chi connectivity index (χ0) is 20.0. The minimum atomic E-state index is -0.387. The number of rotatable bonds is 3. The number of phenols is 2. The summed E-state index contributed by atoms with van der Waals surface area (Å²) in [6, 6.07) is 9.65. The lowest BCUT2D eigenvalue weighted by Gasteiger charge is -2.24. The highest BCUT2D eigenvalue weighted by atomic mass is 79.9. The molecule has 0 unspecified atom stereocenters. The van der Waals surface area contributed by atoms with Crippen LogP contribution in [0.4, 0.5) is 0 Å². The Morgan fingerprint density at radius 2 is 2.00 bits per heavy atom. The van der Waals surface area contributed by atoms with Crippen LogP contribution in [0.3, 0.4) is 0 Å². The van der Waals surface area contributed by atoms with E-state index >= 15 is 0 Å². The second-order valence-electron chi connectivity index (χ2n) is 7.14. The molecule has 146 valence electrons. The lowest BCUT2D eigenvalue weighted by Crippen LogP contribution is -2.32. The lowest BCUT2D eigenvalue weighted by atomic mass is 9.89. The third-order valence-corrected chi connectivity index (χ3v) is 5.98. The summed E-state index contributed by atoms with van der Waals surface area (Å²) < 4.78 is 6.91. The Hall–Kier alpha value is -2.35. The summed E-state index contributed by atoms with van der Waals surface area (Å²) in [5, 5.41) is 30.8. The molecule has 1 saturated heterocycles. The monoisotopic (exact) mass is 445 g/mol. The zero-order valence-corrected chi connectivity index (χ0v) is 16.8. The van der Waals surface area contributed by atoms with Crippen LogP contribution in [0.5, 0.6) is 11.5 Å². The van der Waals surface area contributed by atoms with Gasteiger partial charge in [-0.25, -0.2) is 0 Å². The smallest absolute Gasteiger partial charge is 0.197 e. The molecular weight excluding hydrogens is 426 g/mol. The van der Waals surface area contributed by atoms with E-state index in [1.54, 1.807) is 0 Å². The predicted molar refractivity (Wildman–Crippen MR) is 110 cm³/mol. The van der Waals surface area contributed by atoms with Crippen molar-refractivity contribution in [3.8, 4) is 22.8 Å². The van der Waals surface area contributed by atoms with Crippen LogP contribution < -0.4 is 5.43 Å². The summed E-state index contributed by atoms with van der Waals surface area (Å²) in [5.41, 5.74) is 0.926. The van der Waals surface area contributed by atoms with Crippen molar-refractivity contribution in [1.29, 1.82) is 0 Å². The molecule has 0 bridgehead atoms. The number of nitrogens with zero attached hydrogens (tertiary/aromatic N) is 1. The van der Waals surface area contributed by atoms with Crippen molar-refractivity contribution >= 4 is 26.9 Å². The van der Waals surface area contributed by atoms with Crippen molar-refractivity contribution in [3.05, 3.63) is 56.7 Å². The fourth-order valence-electron chi connectivity index (χ4n) is 4.08. The molecule has 3 N–H and O–H groups in total. The van der Waals surface area contributed by atoms with Gasteiger partial charge in [0.1, 0.15) is 28.2 Å². The minimum Gasteiger partial charge on any atom is -0.507 e. The number of likely N-dealkylation sites (tertiary alicyclic amines) is 1. The van der Waals surface area contributed by atoms with E-state index in [9.17, 15) is 20.1 Å². The molecule has 28 heavy (non-hydrogen) atoms. The quantitative estimate of drug-likeness (QED) is 0.571. The lowest BCUT2D eigenvalue weighted by molar-refractivity contribution is 0.172. The van der Waals surface area contributed by atoms with Crippen molar-refractivity contribution in [3.63, 3.8) is 0 Å². The molecule has 0 amide bonds. The average Bonchev–Trinajstić information content (AvgIpc) is 3.01. The SMILES string of the molecule is CN1CC[C@H](c2c(O)cc(O)c3c(=O)cc(-c4cccc(Br)c4)oc23)[C@H]1CO. The first-order valence-corrected chi connectivity index (χ1v) is 9.79. The number of benzene rings is 2. The maximum absolute atomic E-state index is 12.8. The molecule has 2 atom stereocenters. The van der Waals surface area contributed by atoms with Gasteiger partial charge in [-0.2, -0.15) is 0 Å². The number of aliphatic hydroxyl groups is 1. The summed E-state index contributed by atoms with van der Waals surface area (Å²) >= 11 is 3.41. The number of fused-ring (bicyclic) bond motifs is 1. The first-order chi connectivity index (χ1) is 13.4. The molecule has 2 heterocycles. The molecule has 4 rings (SSSR count). The van der Waals surface area contributed by atoms with Gasteiger partial charge in [0, 0.05) is 39.7 Å². The van der Waals surface area contributed by atoms with Crippen molar-refractivity contribution < 1.29 is 19.7 Å². The summed E-state index contributed by atoms with van der Waals surface area (Å²) in [7, 11) is 1.91. The molecule has 1 aromatic heterocycles. The van der Waals surface area contributed by atoms with Gasteiger partial charge in [-0.1, -0.05) is 28.1 Å². The summed E-state index contributed by atoms with van der Waals surface area (Å²) in [6.45, 7) is 0.659. The number of hydrogen-bond donors (Lipinski definition) is 3. The number of halogens is 1. The number of aromatic hydroxyl groups is 2.